The Morgan fingerprint density at radius 1 is 1.41 bits per heavy atom. The number of hydrogen-bond acceptors (Lipinski definition) is 3. The summed E-state index contributed by atoms with van der Waals surface area (Å²) in [5.74, 6) is 0. The molecule has 1 aromatic rings. The van der Waals surface area contributed by atoms with Crippen molar-refractivity contribution in [1.82, 2.24) is 4.90 Å². The molecule has 0 heterocycles. The Hall–Kier alpha value is -1.75. The van der Waals surface area contributed by atoms with Crippen LogP contribution in [0.2, 0.25) is 0 Å². The van der Waals surface area contributed by atoms with Gasteiger partial charge in [-0.25, -0.2) is 4.79 Å². The second-order valence-electron chi connectivity index (χ2n) is 3.71. The van der Waals surface area contributed by atoms with Gasteiger partial charge in [-0.2, -0.15) is 0 Å². The highest BCUT2D eigenvalue weighted by Gasteiger charge is 2.10. The molecule has 0 aliphatic carbocycles. The van der Waals surface area contributed by atoms with Crippen LogP contribution in [0.5, 0.6) is 0 Å². The van der Waals surface area contributed by atoms with E-state index in [1.165, 1.54) is 0 Å². The highest BCUT2D eigenvalue weighted by atomic mass is 16.3. The molecule has 5 heteroatoms. The summed E-state index contributed by atoms with van der Waals surface area (Å²) in [4.78, 5) is 13.5. The van der Waals surface area contributed by atoms with Crippen LogP contribution >= 0.6 is 0 Å². The summed E-state index contributed by atoms with van der Waals surface area (Å²) in [7, 11) is 0. The van der Waals surface area contributed by atoms with Gasteiger partial charge in [-0.1, -0.05) is 0 Å². The topological polar surface area (TPSA) is 78.6 Å². The predicted octanol–water partition coefficient (Wildman–Crippen LogP) is 1.51. The first kappa shape index (κ1) is 13.3. The third kappa shape index (κ3) is 4.32. The number of nitrogens with one attached hydrogen (secondary N) is 1. The van der Waals surface area contributed by atoms with E-state index in [9.17, 15) is 4.79 Å². The molecular weight excluding hydrogens is 218 g/mol. The van der Waals surface area contributed by atoms with Crippen molar-refractivity contribution in [3.63, 3.8) is 0 Å². The molecule has 2 amide bonds. The summed E-state index contributed by atoms with van der Waals surface area (Å²) in [5, 5.41) is 11.5. The van der Waals surface area contributed by atoms with Gasteiger partial charge in [0.1, 0.15) is 0 Å². The molecule has 1 aromatic carbocycles. The molecule has 17 heavy (non-hydrogen) atoms. The van der Waals surface area contributed by atoms with E-state index in [1.54, 1.807) is 29.2 Å². The smallest absolute Gasteiger partial charge is 0.321 e. The van der Waals surface area contributed by atoms with Crippen molar-refractivity contribution in [2.24, 2.45) is 0 Å². The molecule has 0 aliphatic rings. The van der Waals surface area contributed by atoms with Crippen molar-refractivity contribution in [3.05, 3.63) is 24.3 Å². The van der Waals surface area contributed by atoms with Gasteiger partial charge < -0.3 is 21.1 Å². The summed E-state index contributed by atoms with van der Waals surface area (Å²) >= 11 is 0. The second kappa shape index (κ2) is 6.75. The van der Waals surface area contributed by atoms with Gasteiger partial charge in [0, 0.05) is 31.1 Å². The number of carbonyl (C=O) groups is 1. The van der Waals surface area contributed by atoms with E-state index < -0.39 is 0 Å². The van der Waals surface area contributed by atoms with Crippen LogP contribution in [0.15, 0.2) is 24.3 Å². The van der Waals surface area contributed by atoms with E-state index in [0.29, 0.717) is 30.9 Å². The SMILES string of the molecule is CCN(CCCO)C(=O)Nc1ccc(N)cc1. The molecule has 1 rings (SSSR count). The average Bonchev–Trinajstić information content (AvgIpc) is 2.33. The van der Waals surface area contributed by atoms with Crippen LogP contribution in [0.1, 0.15) is 13.3 Å². The predicted molar refractivity (Wildman–Crippen MR) is 68.8 cm³/mol. The summed E-state index contributed by atoms with van der Waals surface area (Å²) in [5.41, 5.74) is 6.94. The van der Waals surface area contributed by atoms with Gasteiger partial charge >= 0.3 is 6.03 Å². The van der Waals surface area contributed by atoms with Crippen molar-refractivity contribution in [1.29, 1.82) is 0 Å². The normalized spacial score (nSPS) is 10.0. The van der Waals surface area contributed by atoms with Gasteiger partial charge in [0.25, 0.3) is 0 Å². The zero-order valence-corrected chi connectivity index (χ0v) is 10.0. The number of hydrogen-bond donors (Lipinski definition) is 3. The number of aliphatic hydroxyl groups is 1. The van der Waals surface area contributed by atoms with E-state index in [4.69, 9.17) is 10.8 Å². The Morgan fingerprint density at radius 3 is 2.59 bits per heavy atom. The number of nitrogens with two attached hydrogens (primary N) is 1. The molecular formula is C12H19N3O2. The second-order valence-corrected chi connectivity index (χ2v) is 3.71. The highest BCUT2D eigenvalue weighted by Crippen LogP contribution is 2.11. The maximum atomic E-state index is 11.8. The standard InChI is InChI=1S/C12H19N3O2/c1-2-15(8-3-9-16)12(17)14-11-6-4-10(13)5-7-11/h4-7,16H,2-3,8-9,13H2,1H3,(H,14,17). The maximum absolute atomic E-state index is 11.8. The fourth-order valence-electron chi connectivity index (χ4n) is 1.43. The number of benzene rings is 1. The molecule has 0 aliphatic heterocycles. The van der Waals surface area contributed by atoms with E-state index in [-0.39, 0.29) is 12.6 Å². The monoisotopic (exact) mass is 237 g/mol. The molecule has 0 saturated carbocycles. The van der Waals surface area contributed by atoms with Crippen LogP contribution in [0, 0.1) is 0 Å². The maximum Gasteiger partial charge on any atom is 0.321 e. The summed E-state index contributed by atoms with van der Waals surface area (Å²) in [6.07, 6.45) is 0.586. The fourth-order valence-corrected chi connectivity index (χ4v) is 1.43. The van der Waals surface area contributed by atoms with E-state index in [2.05, 4.69) is 5.32 Å². The lowest BCUT2D eigenvalue weighted by Crippen LogP contribution is -2.35. The largest absolute Gasteiger partial charge is 0.399 e. The number of carbonyl (C=O) groups excluding carboxylic acids is 1. The number of urea groups is 1. The number of anilines is 2. The lowest BCUT2D eigenvalue weighted by Gasteiger charge is -2.20. The summed E-state index contributed by atoms with van der Waals surface area (Å²) in [6, 6.07) is 6.82. The summed E-state index contributed by atoms with van der Waals surface area (Å²) < 4.78 is 0. The van der Waals surface area contributed by atoms with Crippen LogP contribution in [0.3, 0.4) is 0 Å². The van der Waals surface area contributed by atoms with Crippen LogP contribution in [0.4, 0.5) is 16.2 Å². The molecule has 0 unspecified atom stereocenters. The zero-order chi connectivity index (χ0) is 12.7. The van der Waals surface area contributed by atoms with Gasteiger partial charge in [0.2, 0.25) is 0 Å². The molecule has 0 bridgehead atoms. The van der Waals surface area contributed by atoms with Gasteiger partial charge in [-0.3, -0.25) is 0 Å². The summed E-state index contributed by atoms with van der Waals surface area (Å²) in [6.45, 7) is 3.15. The van der Waals surface area contributed by atoms with Crippen LogP contribution in [0.25, 0.3) is 0 Å². The van der Waals surface area contributed by atoms with Crippen molar-refractivity contribution in [2.75, 3.05) is 30.7 Å². The zero-order valence-electron chi connectivity index (χ0n) is 10.0. The minimum atomic E-state index is -0.161. The number of rotatable bonds is 5. The Bertz CT molecular complexity index is 351. The Morgan fingerprint density at radius 2 is 2.06 bits per heavy atom. The molecule has 0 radical (unpaired) electrons. The Kier molecular flexibility index (Phi) is 5.29. The Labute approximate surface area is 101 Å². The quantitative estimate of drug-likeness (QED) is 0.679. The number of nitrogens with zero attached hydrogens (tertiary/aromatic N) is 1. The van der Waals surface area contributed by atoms with E-state index >= 15 is 0 Å². The lowest BCUT2D eigenvalue weighted by atomic mass is 10.3. The molecule has 94 valence electrons. The lowest BCUT2D eigenvalue weighted by molar-refractivity contribution is 0.205. The van der Waals surface area contributed by atoms with Crippen molar-refractivity contribution in [3.8, 4) is 0 Å². The Balaban J connectivity index is 2.54. The van der Waals surface area contributed by atoms with E-state index in [0.717, 1.165) is 0 Å². The van der Waals surface area contributed by atoms with Gasteiger partial charge in [0.15, 0.2) is 0 Å². The minimum Gasteiger partial charge on any atom is -0.399 e. The van der Waals surface area contributed by atoms with E-state index in [1.807, 2.05) is 6.92 Å². The first-order chi connectivity index (χ1) is 8.17. The number of aliphatic hydroxyl groups excluding tert-OH is 1. The van der Waals surface area contributed by atoms with Gasteiger partial charge in [-0.05, 0) is 37.6 Å². The molecule has 4 N–H and O–H groups in total. The average molecular weight is 237 g/mol. The van der Waals surface area contributed by atoms with Gasteiger partial charge in [0.05, 0.1) is 0 Å². The first-order valence-corrected chi connectivity index (χ1v) is 5.69. The molecule has 0 aromatic heterocycles. The molecule has 0 atom stereocenters. The first-order valence-electron chi connectivity index (χ1n) is 5.69. The van der Waals surface area contributed by atoms with Crippen LogP contribution < -0.4 is 11.1 Å². The molecule has 5 nitrogen and oxygen atoms in total. The van der Waals surface area contributed by atoms with Crippen LogP contribution in [-0.2, 0) is 0 Å². The third-order valence-electron chi connectivity index (χ3n) is 2.42. The number of amides is 2. The van der Waals surface area contributed by atoms with Crippen molar-refractivity contribution >= 4 is 17.4 Å². The van der Waals surface area contributed by atoms with Crippen molar-refractivity contribution < 1.29 is 9.90 Å². The van der Waals surface area contributed by atoms with Gasteiger partial charge in [-0.15, -0.1) is 0 Å². The fraction of sp³-hybridized carbons (Fsp3) is 0.417. The van der Waals surface area contributed by atoms with Crippen LogP contribution in [-0.4, -0.2) is 35.7 Å². The van der Waals surface area contributed by atoms with Crippen molar-refractivity contribution in [2.45, 2.75) is 13.3 Å². The molecule has 0 fully saturated rings. The molecule has 0 spiro atoms. The minimum absolute atomic E-state index is 0.0889. The highest BCUT2D eigenvalue weighted by molar-refractivity contribution is 5.89. The third-order valence-corrected chi connectivity index (χ3v) is 2.42. The molecule has 0 saturated heterocycles. The number of nitrogen functional groups attached to an aromatic ring is 1.